The van der Waals surface area contributed by atoms with Crippen molar-refractivity contribution in [3.8, 4) is 0 Å². The van der Waals surface area contributed by atoms with Crippen LogP contribution in [0.4, 0.5) is 4.39 Å². The van der Waals surface area contributed by atoms with Gasteiger partial charge in [-0.05, 0) is 50.4 Å². The molecule has 0 saturated heterocycles. The van der Waals surface area contributed by atoms with Crippen molar-refractivity contribution in [3.63, 3.8) is 0 Å². The second-order valence-corrected chi connectivity index (χ2v) is 5.35. The predicted octanol–water partition coefficient (Wildman–Crippen LogP) is 4.20. The maximum atomic E-state index is 13.5. The zero-order valence-electron chi connectivity index (χ0n) is 9.44. The molecule has 0 aromatic carbocycles. The summed E-state index contributed by atoms with van der Waals surface area (Å²) in [7, 11) is 0. The summed E-state index contributed by atoms with van der Waals surface area (Å²) < 4.78 is 13.5. The lowest BCUT2D eigenvalue weighted by atomic mass is 9.72. The van der Waals surface area contributed by atoms with E-state index in [4.69, 9.17) is 0 Å². The van der Waals surface area contributed by atoms with Gasteiger partial charge in [0.05, 0.1) is 0 Å². The normalized spacial score (nSPS) is 37.8. The summed E-state index contributed by atoms with van der Waals surface area (Å²) in [6.45, 7) is 8.61. The summed E-state index contributed by atoms with van der Waals surface area (Å²) in [6.07, 6.45) is 3.72. The highest BCUT2D eigenvalue weighted by molar-refractivity contribution is 4.84. The van der Waals surface area contributed by atoms with E-state index in [-0.39, 0.29) is 0 Å². The number of hydrogen-bond donors (Lipinski definition) is 0. The van der Waals surface area contributed by atoms with E-state index in [9.17, 15) is 4.39 Å². The van der Waals surface area contributed by atoms with Gasteiger partial charge in [0.1, 0.15) is 5.67 Å². The predicted molar refractivity (Wildman–Crippen MR) is 55.5 cm³/mol. The highest BCUT2D eigenvalue weighted by Crippen LogP contribution is 2.39. The molecule has 13 heavy (non-hydrogen) atoms. The monoisotopic (exact) mass is 186 g/mol. The van der Waals surface area contributed by atoms with E-state index in [0.29, 0.717) is 0 Å². The molecule has 0 nitrogen and oxygen atoms in total. The van der Waals surface area contributed by atoms with E-state index in [1.807, 2.05) is 0 Å². The van der Waals surface area contributed by atoms with Gasteiger partial charge in [-0.2, -0.15) is 0 Å². The minimum absolute atomic E-state index is 0.744. The van der Waals surface area contributed by atoms with Crippen molar-refractivity contribution < 1.29 is 4.39 Å². The fourth-order valence-corrected chi connectivity index (χ4v) is 2.31. The summed E-state index contributed by atoms with van der Waals surface area (Å²) >= 11 is 0. The molecule has 0 radical (unpaired) electrons. The van der Waals surface area contributed by atoms with Gasteiger partial charge in [-0.1, -0.05) is 20.8 Å². The van der Waals surface area contributed by atoms with E-state index < -0.39 is 5.67 Å². The zero-order chi connectivity index (χ0) is 10.1. The fraction of sp³-hybridized carbons (Fsp3) is 1.00. The summed E-state index contributed by atoms with van der Waals surface area (Å²) in [5, 5.41) is 0. The lowest BCUT2D eigenvalue weighted by Gasteiger charge is -2.35. The van der Waals surface area contributed by atoms with Crippen LogP contribution in [0.25, 0.3) is 0 Å². The molecule has 0 spiro atoms. The van der Waals surface area contributed by atoms with Gasteiger partial charge in [0.25, 0.3) is 0 Å². The highest BCUT2D eigenvalue weighted by Gasteiger charge is 2.33. The van der Waals surface area contributed by atoms with Gasteiger partial charge in [-0.25, -0.2) is 4.39 Å². The van der Waals surface area contributed by atoms with Crippen LogP contribution in [-0.4, -0.2) is 5.67 Å². The Kier molecular flexibility index (Phi) is 3.37. The van der Waals surface area contributed by atoms with Crippen molar-refractivity contribution in [2.75, 3.05) is 0 Å². The van der Waals surface area contributed by atoms with E-state index in [2.05, 4.69) is 20.8 Å². The van der Waals surface area contributed by atoms with Crippen LogP contribution in [0.5, 0.6) is 0 Å². The van der Waals surface area contributed by atoms with E-state index >= 15 is 0 Å². The zero-order valence-corrected chi connectivity index (χ0v) is 9.44. The SMILES string of the molecule is CC(C)C(C)C1CCC(C)(F)CC1. The maximum Gasteiger partial charge on any atom is 0.108 e. The molecule has 0 heterocycles. The molecule has 0 aliphatic heterocycles. The van der Waals surface area contributed by atoms with Gasteiger partial charge in [0.2, 0.25) is 0 Å². The summed E-state index contributed by atoms with van der Waals surface area (Å²) in [5.41, 5.74) is -0.868. The quantitative estimate of drug-likeness (QED) is 0.606. The Labute approximate surface area is 81.9 Å². The third-order valence-electron chi connectivity index (χ3n) is 3.87. The Morgan fingerprint density at radius 3 is 2.00 bits per heavy atom. The van der Waals surface area contributed by atoms with Gasteiger partial charge in [0, 0.05) is 0 Å². The Bertz CT molecular complexity index is 151. The number of halogens is 1. The number of hydrogen-bond acceptors (Lipinski definition) is 0. The van der Waals surface area contributed by atoms with Crippen LogP contribution in [0.15, 0.2) is 0 Å². The highest BCUT2D eigenvalue weighted by atomic mass is 19.1. The summed E-state index contributed by atoms with van der Waals surface area (Å²) in [5.74, 6) is 2.27. The van der Waals surface area contributed by atoms with Crippen LogP contribution in [0.3, 0.4) is 0 Å². The second-order valence-electron chi connectivity index (χ2n) is 5.35. The molecule has 0 amide bonds. The standard InChI is InChI=1S/C12H23F/c1-9(2)10(3)11-5-7-12(4,13)8-6-11/h9-11H,5-8H2,1-4H3. The Morgan fingerprint density at radius 1 is 1.15 bits per heavy atom. The largest absolute Gasteiger partial charge is 0.244 e. The van der Waals surface area contributed by atoms with E-state index in [0.717, 1.165) is 43.4 Å². The van der Waals surface area contributed by atoms with E-state index in [1.165, 1.54) is 0 Å². The van der Waals surface area contributed by atoms with Crippen molar-refractivity contribution in [1.29, 1.82) is 0 Å². The van der Waals surface area contributed by atoms with Crippen molar-refractivity contribution >= 4 is 0 Å². The molecule has 0 aromatic rings. The lowest BCUT2D eigenvalue weighted by Crippen LogP contribution is -2.30. The van der Waals surface area contributed by atoms with Gasteiger partial charge < -0.3 is 0 Å². The third kappa shape index (κ3) is 2.96. The van der Waals surface area contributed by atoms with Crippen molar-refractivity contribution in [2.24, 2.45) is 17.8 Å². The molecule has 0 N–H and O–H groups in total. The smallest absolute Gasteiger partial charge is 0.108 e. The van der Waals surface area contributed by atoms with Crippen LogP contribution < -0.4 is 0 Å². The minimum atomic E-state index is -0.868. The first-order valence-corrected chi connectivity index (χ1v) is 5.61. The van der Waals surface area contributed by atoms with Crippen LogP contribution in [0, 0.1) is 17.8 Å². The van der Waals surface area contributed by atoms with Gasteiger partial charge in [-0.3, -0.25) is 0 Å². The third-order valence-corrected chi connectivity index (χ3v) is 3.87. The maximum absolute atomic E-state index is 13.5. The van der Waals surface area contributed by atoms with Gasteiger partial charge in [0.15, 0.2) is 0 Å². The number of alkyl halides is 1. The molecule has 1 unspecified atom stereocenters. The van der Waals surface area contributed by atoms with Crippen molar-refractivity contribution in [1.82, 2.24) is 0 Å². The molecule has 0 aromatic heterocycles. The topological polar surface area (TPSA) is 0 Å². The van der Waals surface area contributed by atoms with Crippen molar-refractivity contribution in [2.45, 2.75) is 59.0 Å². The van der Waals surface area contributed by atoms with Crippen LogP contribution in [0.1, 0.15) is 53.4 Å². The lowest BCUT2D eigenvalue weighted by molar-refractivity contribution is 0.0770. The first-order chi connectivity index (χ1) is 5.92. The molecule has 1 atom stereocenters. The molecule has 1 saturated carbocycles. The molecule has 1 rings (SSSR count). The number of rotatable bonds is 2. The molecular formula is C12H23F. The molecule has 1 heteroatoms. The van der Waals surface area contributed by atoms with Gasteiger partial charge >= 0.3 is 0 Å². The molecule has 1 aliphatic rings. The van der Waals surface area contributed by atoms with Crippen LogP contribution >= 0.6 is 0 Å². The van der Waals surface area contributed by atoms with Crippen LogP contribution in [0.2, 0.25) is 0 Å². The first kappa shape index (κ1) is 11.0. The van der Waals surface area contributed by atoms with Gasteiger partial charge in [-0.15, -0.1) is 0 Å². The average Bonchev–Trinajstić information content (AvgIpc) is 2.03. The summed E-state index contributed by atoms with van der Waals surface area (Å²) in [6, 6.07) is 0. The molecular weight excluding hydrogens is 163 g/mol. The summed E-state index contributed by atoms with van der Waals surface area (Å²) in [4.78, 5) is 0. The molecule has 78 valence electrons. The Morgan fingerprint density at radius 2 is 1.62 bits per heavy atom. The van der Waals surface area contributed by atoms with Crippen molar-refractivity contribution in [3.05, 3.63) is 0 Å². The Balaban J connectivity index is 2.41. The average molecular weight is 186 g/mol. The second kappa shape index (κ2) is 3.98. The first-order valence-electron chi connectivity index (χ1n) is 5.61. The molecule has 1 aliphatic carbocycles. The fourth-order valence-electron chi connectivity index (χ4n) is 2.31. The Hall–Kier alpha value is -0.0700. The van der Waals surface area contributed by atoms with E-state index in [1.54, 1.807) is 6.92 Å². The molecule has 1 fully saturated rings. The van der Waals surface area contributed by atoms with Crippen LogP contribution in [-0.2, 0) is 0 Å². The molecule has 0 bridgehead atoms. The minimum Gasteiger partial charge on any atom is -0.244 e.